The zero-order valence-corrected chi connectivity index (χ0v) is 14.7. The highest BCUT2D eigenvalue weighted by Gasteiger charge is 2.25. The van der Waals surface area contributed by atoms with E-state index in [0.29, 0.717) is 11.4 Å². The normalized spacial score (nSPS) is 16.5. The number of aromatic nitrogens is 1. The van der Waals surface area contributed by atoms with Crippen molar-refractivity contribution in [2.75, 3.05) is 20.7 Å². The van der Waals surface area contributed by atoms with E-state index in [-0.39, 0.29) is 6.04 Å². The molecule has 3 rings (SSSR count). The number of phenolic OH excluding ortho intramolecular Hbond substituents is 1. The van der Waals surface area contributed by atoms with E-state index in [4.69, 9.17) is 4.74 Å². The minimum absolute atomic E-state index is 0.286. The molecule has 0 saturated heterocycles. The largest absolute Gasteiger partial charge is 0.508 e. The number of nitrogens with zero attached hydrogens (tertiary/aromatic N) is 2. The Hall–Kier alpha value is -2.40. The highest BCUT2D eigenvalue weighted by Crippen LogP contribution is 2.33. The Morgan fingerprint density at radius 3 is 2.88 bits per heavy atom. The second kappa shape index (κ2) is 7.66. The van der Waals surface area contributed by atoms with Gasteiger partial charge >= 0.3 is 5.97 Å². The molecule has 0 amide bonds. The van der Waals surface area contributed by atoms with E-state index in [1.807, 2.05) is 24.3 Å². The number of para-hydroxylation sites is 1. The molecule has 1 heterocycles. The Morgan fingerprint density at radius 2 is 2.12 bits per heavy atom. The van der Waals surface area contributed by atoms with Crippen molar-refractivity contribution in [3.05, 3.63) is 58.9 Å². The van der Waals surface area contributed by atoms with E-state index in [1.165, 1.54) is 12.7 Å². The molecule has 0 aliphatic heterocycles. The average molecular weight is 340 g/mol. The molecule has 5 nitrogen and oxygen atoms in total. The van der Waals surface area contributed by atoms with Crippen molar-refractivity contribution in [2.24, 2.45) is 0 Å². The molecule has 0 saturated carbocycles. The maximum Gasteiger partial charge on any atom is 0.356 e. The number of hydrogen-bond acceptors (Lipinski definition) is 5. The highest BCUT2D eigenvalue weighted by molar-refractivity contribution is 5.87. The number of aromatic hydroxyl groups is 1. The minimum Gasteiger partial charge on any atom is -0.508 e. The minimum atomic E-state index is -0.391. The van der Waals surface area contributed by atoms with Crippen LogP contribution < -0.4 is 0 Å². The Labute approximate surface area is 148 Å². The molecule has 1 unspecified atom stereocenters. The van der Waals surface area contributed by atoms with Gasteiger partial charge < -0.3 is 9.84 Å². The summed E-state index contributed by atoms with van der Waals surface area (Å²) in [5, 5.41) is 9.93. The molecule has 0 spiro atoms. The van der Waals surface area contributed by atoms with Crippen LogP contribution in [-0.4, -0.2) is 41.7 Å². The molecule has 25 heavy (non-hydrogen) atoms. The van der Waals surface area contributed by atoms with Gasteiger partial charge in [-0.15, -0.1) is 0 Å². The molecule has 0 radical (unpaired) electrons. The number of ether oxygens (including phenoxy) is 1. The fourth-order valence-electron chi connectivity index (χ4n) is 3.49. The molecule has 2 aromatic rings. The van der Waals surface area contributed by atoms with E-state index in [1.54, 1.807) is 12.1 Å². The SMILES string of the molecule is COC(=O)c1ccc2c(n1)CCCC2N(C)CCc1ccccc1O. The zero-order chi connectivity index (χ0) is 17.8. The van der Waals surface area contributed by atoms with Crippen LogP contribution in [0, 0.1) is 0 Å². The molecule has 1 aliphatic rings. The van der Waals surface area contributed by atoms with Gasteiger partial charge in [-0.25, -0.2) is 9.78 Å². The van der Waals surface area contributed by atoms with Crippen LogP contribution in [0.15, 0.2) is 36.4 Å². The number of likely N-dealkylation sites (N-methyl/N-ethyl adjacent to an activating group) is 1. The van der Waals surface area contributed by atoms with Crippen LogP contribution in [0.25, 0.3) is 0 Å². The molecule has 1 aromatic carbocycles. The summed E-state index contributed by atoms with van der Waals surface area (Å²) >= 11 is 0. The van der Waals surface area contributed by atoms with Crippen molar-refractivity contribution < 1.29 is 14.6 Å². The van der Waals surface area contributed by atoms with Crippen molar-refractivity contribution in [3.63, 3.8) is 0 Å². The van der Waals surface area contributed by atoms with Gasteiger partial charge in [0.15, 0.2) is 0 Å². The first-order valence-corrected chi connectivity index (χ1v) is 8.65. The Kier molecular flexibility index (Phi) is 5.34. The van der Waals surface area contributed by atoms with Crippen molar-refractivity contribution in [2.45, 2.75) is 31.7 Å². The van der Waals surface area contributed by atoms with E-state index in [2.05, 4.69) is 16.9 Å². The van der Waals surface area contributed by atoms with Gasteiger partial charge in [0.2, 0.25) is 0 Å². The van der Waals surface area contributed by atoms with Crippen LogP contribution in [0.2, 0.25) is 0 Å². The topological polar surface area (TPSA) is 62.7 Å². The van der Waals surface area contributed by atoms with Gasteiger partial charge in [-0.05, 0) is 56.0 Å². The Balaban J connectivity index is 1.73. The van der Waals surface area contributed by atoms with E-state index in [0.717, 1.165) is 43.5 Å². The van der Waals surface area contributed by atoms with Crippen molar-refractivity contribution >= 4 is 5.97 Å². The van der Waals surface area contributed by atoms with Gasteiger partial charge in [0.05, 0.1) is 7.11 Å². The number of benzene rings is 1. The number of pyridine rings is 1. The van der Waals surface area contributed by atoms with Gasteiger partial charge in [-0.1, -0.05) is 24.3 Å². The summed E-state index contributed by atoms with van der Waals surface area (Å²) in [5.41, 5.74) is 3.52. The first kappa shape index (κ1) is 17.4. The van der Waals surface area contributed by atoms with Crippen molar-refractivity contribution in [1.82, 2.24) is 9.88 Å². The summed E-state index contributed by atoms with van der Waals surface area (Å²) in [6.07, 6.45) is 3.81. The van der Waals surface area contributed by atoms with Gasteiger partial charge in [-0.2, -0.15) is 0 Å². The maximum atomic E-state index is 11.7. The summed E-state index contributed by atoms with van der Waals surface area (Å²) in [5.74, 6) is -0.0397. The fourth-order valence-corrected chi connectivity index (χ4v) is 3.49. The first-order valence-electron chi connectivity index (χ1n) is 8.65. The van der Waals surface area contributed by atoms with Gasteiger partial charge in [-0.3, -0.25) is 4.90 Å². The van der Waals surface area contributed by atoms with Crippen LogP contribution in [0.4, 0.5) is 0 Å². The number of methoxy groups -OCH3 is 1. The zero-order valence-electron chi connectivity index (χ0n) is 14.7. The number of carbonyl (C=O) groups excluding carboxylic acids is 1. The fraction of sp³-hybridized carbons (Fsp3) is 0.400. The number of aryl methyl sites for hydroxylation is 1. The van der Waals surface area contributed by atoms with E-state index < -0.39 is 5.97 Å². The second-order valence-electron chi connectivity index (χ2n) is 6.49. The first-order chi connectivity index (χ1) is 12.1. The molecule has 1 aromatic heterocycles. The average Bonchev–Trinajstić information content (AvgIpc) is 2.65. The van der Waals surface area contributed by atoms with Crippen LogP contribution in [0.5, 0.6) is 5.75 Å². The predicted molar refractivity (Wildman–Crippen MR) is 95.7 cm³/mol. The van der Waals surface area contributed by atoms with Gasteiger partial charge in [0, 0.05) is 18.3 Å². The quantitative estimate of drug-likeness (QED) is 0.847. The molecule has 1 aliphatic carbocycles. The van der Waals surface area contributed by atoms with Crippen LogP contribution in [0.1, 0.15) is 46.2 Å². The molecule has 5 heteroatoms. The molecular formula is C20H24N2O3. The van der Waals surface area contributed by atoms with Crippen LogP contribution >= 0.6 is 0 Å². The van der Waals surface area contributed by atoms with Crippen LogP contribution in [0.3, 0.4) is 0 Å². The molecule has 0 bridgehead atoms. The third-order valence-corrected chi connectivity index (χ3v) is 4.91. The Morgan fingerprint density at radius 1 is 1.32 bits per heavy atom. The van der Waals surface area contributed by atoms with E-state index >= 15 is 0 Å². The number of hydrogen-bond donors (Lipinski definition) is 1. The summed E-state index contributed by atoms with van der Waals surface area (Å²) in [7, 11) is 3.48. The number of phenols is 1. The van der Waals surface area contributed by atoms with Gasteiger partial charge in [0.25, 0.3) is 0 Å². The third-order valence-electron chi connectivity index (χ3n) is 4.91. The smallest absolute Gasteiger partial charge is 0.356 e. The lowest BCUT2D eigenvalue weighted by Gasteiger charge is -2.33. The lowest BCUT2D eigenvalue weighted by molar-refractivity contribution is 0.0593. The third kappa shape index (κ3) is 3.82. The Bertz CT molecular complexity index is 760. The number of esters is 1. The molecule has 0 fully saturated rings. The highest BCUT2D eigenvalue weighted by atomic mass is 16.5. The van der Waals surface area contributed by atoms with Gasteiger partial charge in [0.1, 0.15) is 11.4 Å². The summed E-state index contributed by atoms with van der Waals surface area (Å²) in [4.78, 5) is 18.5. The molecular weight excluding hydrogens is 316 g/mol. The maximum absolute atomic E-state index is 11.7. The lowest BCUT2D eigenvalue weighted by Crippen LogP contribution is -2.30. The molecule has 1 N–H and O–H groups in total. The van der Waals surface area contributed by atoms with Crippen LogP contribution in [-0.2, 0) is 17.6 Å². The summed E-state index contributed by atoms with van der Waals surface area (Å²) in [6.45, 7) is 0.848. The van der Waals surface area contributed by atoms with Crippen molar-refractivity contribution in [1.29, 1.82) is 0 Å². The number of fused-ring (bicyclic) bond motifs is 1. The monoisotopic (exact) mass is 340 g/mol. The van der Waals surface area contributed by atoms with Crippen molar-refractivity contribution in [3.8, 4) is 5.75 Å². The number of carbonyl (C=O) groups is 1. The molecule has 1 atom stereocenters. The summed E-state index contributed by atoms with van der Waals surface area (Å²) in [6, 6.07) is 11.5. The second-order valence-corrected chi connectivity index (χ2v) is 6.49. The standard InChI is InChI=1S/C20H24N2O3/c1-22(13-12-14-6-3-4-9-19(14)23)18-8-5-7-16-15(18)10-11-17(21-16)20(24)25-2/h3-4,6,9-11,18,23H,5,7-8,12-13H2,1-2H3. The number of rotatable bonds is 5. The lowest BCUT2D eigenvalue weighted by atomic mass is 9.90. The molecule has 132 valence electrons. The van der Waals surface area contributed by atoms with E-state index in [9.17, 15) is 9.90 Å². The predicted octanol–water partition coefficient (Wildman–Crippen LogP) is 3.13. The summed E-state index contributed by atoms with van der Waals surface area (Å²) < 4.78 is 4.76.